The molecule has 166 valence electrons. The highest BCUT2D eigenvalue weighted by Gasteiger charge is 2.11. The van der Waals surface area contributed by atoms with Crippen LogP contribution in [0, 0.1) is 6.92 Å². The SMILES string of the molecule is COc1ccc(NC(=O)c2cccc(Nc3ccnc(-c4cccc(C)c4)n3)c2)cc1OC. The van der Waals surface area contributed by atoms with Gasteiger partial charge in [-0.1, -0.05) is 29.8 Å². The van der Waals surface area contributed by atoms with E-state index in [1.165, 1.54) is 0 Å². The molecule has 1 heterocycles. The second-order valence-corrected chi connectivity index (χ2v) is 7.36. The minimum absolute atomic E-state index is 0.242. The molecule has 0 radical (unpaired) electrons. The van der Waals surface area contributed by atoms with Crippen LogP contribution in [-0.2, 0) is 0 Å². The quantitative estimate of drug-likeness (QED) is 0.397. The first kappa shape index (κ1) is 21.8. The second kappa shape index (κ2) is 9.82. The van der Waals surface area contributed by atoms with Gasteiger partial charge in [0.25, 0.3) is 5.91 Å². The summed E-state index contributed by atoms with van der Waals surface area (Å²) in [6.45, 7) is 2.03. The van der Waals surface area contributed by atoms with Crippen molar-refractivity contribution < 1.29 is 14.3 Å². The summed E-state index contributed by atoms with van der Waals surface area (Å²) in [5, 5.41) is 6.14. The Bertz CT molecular complexity index is 1290. The Morgan fingerprint density at radius 2 is 1.67 bits per heavy atom. The Morgan fingerprint density at radius 1 is 0.848 bits per heavy atom. The highest BCUT2D eigenvalue weighted by molar-refractivity contribution is 6.05. The first-order chi connectivity index (χ1) is 16.1. The molecule has 1 amide bonds. The van der Waals surface area contributed by atoms with Crippen LogP contribution in [0.4, 0.5) is 17.2 Å². The molecule has 0 spiro atoms. The predicted octanol–water partition coefficient (Wildman–Crippen LogP) is 5.47. The molecule has 7 nitrogen and oxygen atoms in total. The van der Waals surface area contributed by atoms with Gasteiger partial charge in [-0.15, -0.1) is 0 Å². The summed E-state index contributed by atoms with van der Waals surface area (Å²) in [7, 11) is 3.12. The zero-order valence-electron chi connectivity index (χ0n) is 18.6. The van der Waals surface area contributed by atoms with E-state index in [0.717, 1.165) is 16.8 Å². The number of nitrogens with one attached hydrogen (secondary N) is 2. The minimum Gasteiger partial charge on any atom is -0.493 e. The van der Waals surface area contributed by atoms with E-state index in [1.54, 1.807) is 56.8 Å². The van der Waals surface area contributed by atoms with Gasteiger partial charge in [-0.25, -0.2) is 9.97 Å². The normalized spacial score (nSPS) is 10.4. The largest absolute Gasteiger partial charge is 0.493 e. The molecular formula is C26H24N4O3. The number of benzene rings is 3. The van der Waals surface area contributed by atoms with Gasteiger partial charge in [-0.2, -0.15) is 0 Å². The number of hydrogen-bond donors (Lipinski definition) is 2. The molecule has 0 aliphatic rings. The Balaban J connectivity index is 1.50. The standard InChI is InChI=1S/C26H24N4O3/c1-17-6-4-7-18(14-17)25-27-13-12-24(30-25)28-20-9-5-8-19(15-20)26(31)29-21-10-11-22(32-2)23(16-21)33-3/h4-16H,1-3H3,(H,29,31)(H,27,28,30). The van der Waals surface area contributed by atoms with Crippen molar-refractivity contribution in [3.8, 4) is 22.9 Å². The Morgan fingerprint density at radius 3 is 2.45 bits per heavy atom. The highest BCUT2D eigenvalue weighted by Crippen LogP contribution is 2.30. The zero-order valence-corrected chi connectivity index (χ0v) is 18.6. The molecule has 3 aromatic carbocycles. The van der Waals surface area contributed by atoms with Gasteiger partial charge in [0.2, 0.25) is 0 Å². The molecule has 4 aromatic rings. The molecule has 7 heteroatoms. The van der Waals surface area contributed by atoms with Crippen LogP contribution in [0.5, 0.6) is 11.5 Å². The van der Waals surface area contributed by atoms with Crippen LogP contribution in [0.2, 0.25) is 0 Å². The lowest BCUT2D eigenvalue weighted by molar-refractivity contribution is 0.102. The van der Waals surface area contributed by atoms with Gasteiger partial charge in [-0.3, -0.25) is 4.79 Å². The van der Waals surface area contributed by atoms with E-state index in [1.807, 2.05) is 43.3 Å². The lowest BCUT2D eigenvalue weighted by Gasteiger charge is -2.12. The number of methoxy groups -OCH3 is 2. The lowest BCUT2D eigenvalue weighted by Crippen LogP contribution is -2.12. The summed E-state index contributed by atoms with van der Waals surface area (Å²) in [5.74, 6) is 2.16. The number of aryl methyl sites for hydroxylation is 1. The second-order valence-electron chi connectivity index (χ2n) is 7.36. The summed E-state index contributed by atoms with van der Waals surface area (Å²) in [6, 6.07) is 22.2. The fourth-order valence-corrected chi connectivity index (χ4v) is 3.35. The van der Waals surface area contributed by atoms with Gasteiger partial charge >= 0.3 is 0 Å². The van der Waals surface area contributed by atoms with Crippen molar-refractivity contribution in [2.45, 2.75) is 6.92 Å². The topological polar surface area (TPSA) is 85.4 Å². The molecule has 0 aliphatic heterocycles. The summed E-state index contributed by atoms with van der Waals surface area (Å²) >= 11 is 0. The van der Waals surface area contributed by atoms with Gasteiger partial charge in [0.15, 0.2) is 17.3 Å². The number of hydrogen-bond acceptors (Lipinski definition) is 6. The van der Waals surface area contributed by atoms with Crippen molar-refractivity contribution in [1.82, 2.24) is 9.97 Å². The third-order valence-electron chi connectivity index (χ3n) is 4.97. The van der Waals surface area contributed by atoms with Gasteiger partial charge in [0, 0.05) is 34.8 Å². The van der Waals surface area contributed by atoms with E-state index < -0.39 is 0 Å². The Labute approximate surface area is 192 Å². The van der Waals surface area contributed by atoms with E-state index in [9.17, 15) is 4.79 Å². The number of aromatic nitrogens is 2. The number of ether oxygens (including phenoxy) is 2. The highest BCUT2D eigenvalue weighted by atomic mass is 16.5. The summed E-state index contributed by atoms with van der Waals surface area (Å²) in [4.78, 5) is 21.8. The van der Waals surface area contributed by atoms with Crippen LogP contribution < -0.4 is 20.1 Å². The van der Waals surface area contributed by atoms with Crippen LogP contribution in [0.15, 0.2) is 79.0 Å². The Kier molecular flexibility index (Phi) is 6.50. The average molecular weight is 441 g/mol. The van der Waals surface area contributed by atoms with Crippen molar-refractivity contribution in [3.05, 3.63) is 90.1 Å². The molecule has 0 bridgehead atoms. The molecule has 0 aliphatic carbocycles. The molecule has 4 rings (SSSR count). The van der Waals surface area contributed by atoms with Crippen molar-refractivity contribution >= 4 is 23.1 Å². The van der Waals surface area contributed by atoms with E-state index in [2.05, 4.69) is 20.6 Å². The monoisotopic (exact) mass is 440 g/mol. The number of amides is 1. The molecule has 0 fully saturated rings. The lowest BCUT2D eigenvalue weighted by atomic mass is 10.1. The van der Waals surface area contributed by atoms with E-state index in [-0.39, 0.29) is 5.91 Å². The molecule has 0 unspecified atom stereocenters. The van der Waals surface area contributed by atoms with Crippen LogP contribution in [-0.4, -0.2) is 30.1 Å². The number of anilines is 3. The number of rotatable bonds is 7. The van der Waals surface area contributed by atoms with Gasteiger partial charge in [0.1, 0.15) is 5.82 Å². The van der Waals surface area contributed by atoms with Gasteiger partial charge < -0.3 is 20.1 Å². The summed E-state index contributed by atoms with van der Waals surface area (Å²) < 4.78 is 10.5. The van der Waals surface area contributed by atoms with Crippen molar-refractivity contribution in [2.75, 3.05) is 24.9 Å². The van der Waals surface area contributed by atoms with Crippen LogP contribution in [0.25, 0.3) is 11.4 Å². The molecule has 0 saturated carbocycles. The van der Waals surface area contributed by atoms with Crippen LogP contribution in [0.3, 0.4) is 0 Å². The van der Waals surface area contributed by atoms with Crippen LogP contribution >= 0.6 is 0 Å². The van der Waals surface area contributed by atoms with Crippen molar-refractivity contribution in [3.63, 3.8) is 0 Å². The minimum atomic E-state index is -0.242. The third kappa shape index (κ3) is 5.27. The first-order valence-corrected chi connectivity index (χ1v) is 10.4. The van der Waals surface area contributed by atoms with Crippen molar-refractivity contribution in [1.29, 1.82) is 0 Å². The molecule has 2 N–H and O–H groups in total. The zero-order chi connectivity index (χ0) is 23.2. The summed E-state index contributed by atoms with van der Waals surface area (Å²) in [5.41, 5.74) is 3.94. The predicted molar refractivity (Wildman–Crippen MR) is 129 cm³/mol. The molecule has 33 heavy (non-hydrogen) atoms. The maximum absolute atomic E-state index is 12.8. The molecule has 0 atom stereocenters. The first-order valence-electron chi connectivity index (χ1n) is 10.4. The van der Waals surface area contributed by atoms with E-state index in [0.29, 0.717) is 34.4 Å². The summed E-state index contributed by atoms with van der Waals surface area (Å²) in [6.07, 6.45) is 1.71. The van der Waals surface area contributed by atoms with Gasteiger partial charge in [-0.05, 0) is 49.4 Å². The average Bonchev–Trinajstić information content (AvgIpc) is 2.84. The fourth-order valence-electron chi connectivity index (χ4n) is 3.35. The number of carbonyl (C=O) groups is 1. The number of carbonyl (C=O) groups excluding carboxylic acids is 1. The van der Waals surface area contributed by atoms with E-state index >= 15 is 0 Å². The van der Waals surface area contributed by atoms with Gasteiger partial charge in [0.05, 0.1) is 14.2 Å². The molecule has 0 saturated heterocycles. The van der Waals surface area contributed by atoms with Crippen molar-refractivity contribution in [2.24, 2.45) is 0 Å². The molecule has 1 aromatic heterocycles. The third-order valence-corrected chi connectivity index (χ3v) is 4.97. The maximum Gasteiger partial charge on any atom is 0.255 e. The number of nitrogens with zero attached hydrogens (tertiary/aromatic N) is 2. The smallest absolute Gasteiger partial charge is 0.255 e. The van der Waals surface area contributed by atoms with E-state index in [4.69, 9.17) is 9.47 Å². The van der Waals surface area contributed by atoms with Crippen LogP contribution in [0.1, 0.15) is 15.9 Å². The maximum atomic E-state index is 12.8. The fraction of sp³-hybridized carbons (Fsp3) is 0.115. The Hall–Kier alpha value is -4.39. The molecular weight excluding hydrogens is 416 g/mol.